The summed E-state index contributed by atoms with van der Waals surface area (Å²) in [6.45, 7) is 7.13. The summed E-state index contributed by atoms with van der Waals surface area (Å²) < 4.78 is 0. The lowest BCUT2D eigenvalue weighted by atomic mass is 9.91. The van der Waals surface area contributed by atoms with Gasteiger partial charge in [-0.15, -0.1) is 0 Å². The fraction of sp³-hybridized carbons (Fsp3) is 0.565. The molecule has 2 aliphatic rings. The van der Waals surface area contributed by atoms with Crippen molar-refractivity contribution in [2.45, 2.75) is 44.9 Å². The molecule has 0 saturated carbocycles. The molecule has 1 aromatic heterocycles. The molecular weight excluding hydrogens is 348 g/mol. The molecule has 1 amide bonds. The summed E-state index contributed by atoms with van der Waals surface area (Å²) in [5.41, 5.74) is 9.09. The first-order valence-electron chi connectivity index (χ1n) is 10.8. The quantitative estimate of drug-likeness (QED) is 0.879. The third-order valence-corrected chi connectivity index (χ3v) is 6.40. The maximum Gasteiger partial charge on any atom is 0.223 e. The van der Waals surface area contributed by atoms with Gasteiger partial charge < -0.3 is 15.5 Å². The van der Waals surface area contributed by atoms with Gasteiger partial charge in [-0.25, -0.2) is 0 Å². The largest absolute Gasteiger partial charge is 0.397 e. The molecule has 1 aromatic carbocycles. The molecule has 4 rings (SSSR count). The van der Waals surface area contributed by atoms with Crippen LogP contribution < -0.4 is 5.73 Å². The van der Waals surface area contributed by atoms with Gasteiger partial charge in [0.05, 0.1) is 16.9 Å². The van der Waals surface area contributed by atoms with Crippen LogP contribution in [0.5, 0.6) is 0 Å². The Balaban J connectivity index is 1.32. The number of amides is 1. The van der Waals surface area contributed by atoms with Gasteiger partial charge in [-0.05, 0) is 50.3 Å². The third kappa shape index (κ3) is 4.30. The SMILES string of the molecule is C[C@H]1CCCN(CCC(=O)N2CCC(c3nc4ccccc4cc3N)CC2)C1. The van der Waals surface area contributed by atoms with Crippen LogP contribution in [0.2, 0.25) is 0 Å². The minimum absolute atomic E-state index is 0.302. The van der Waals surface area contributed by atoms with E-state index in [0.29, 0.717) is 18.2 Å². The first-order chi connectivity index (χ1) is 13.6. The molecule has 3 heterocycles. The molecule has 150 valence electrons. The number of hydrogen-bond donors (Lipinski definition) is 1. The lowest BCUT2D eigenvalue weighted by Crippen LogP contribution is -2.41. The van der Waals surface area contributed by atoms with Crippen molar-refractivity contribution in [3.05, 3.63) is 36.0 Å². The van der Waals surface area contributed by atoms with Gasteiger partial charge >= 0.3 is 0 Å². The van der Waals surface area contributed by atoms with Crippen LogP contribution in [0.3, 0.4) is 0 Å². The number of rotatable bonds is 4. The van der Waals surface area contributed by atoms with Crippen molar-refractivity contribution in [2.24, 2.45) is 5.92 Å². The first-order valence-corrected chi connectivity index (χ1v) is 10.8. The molecule has 2 saturated heterocycles. The Morgan fingerprint density at radius 1 is 1.18 bits per heavy atom. The summed E-state index contributed by atoms with van der Waals surface area (Å²) in [6, 6.07) is 10.2. The fourth-order valence-corrected chi connectivity index (χ4v) is 4.78. The van der Waals surface area contributed by atoms with E-state index < -0.39 is 0 Å². The van der Waals surface area contributed by atoms with Gasteiger partial charge in [0.25, 0.3) is 0 Å². The summed E-state index contributed by atoms with van der Waals surface area (Å²) in [5, 5.41) is 1.09. The van der Waals surface area contributed by atoms with Gasteiger partial charge in [0.15, 0.2) is 0 Å². The molecule has 28 heavy (non-hydrogen) atoms. The Kier molecular flexibility index (Phi) is 5.81. The molecule has 5 heteroatoms. The van der Waals surface area contributed by atoms with Crippen LogP contribution in [0, 0.1) is 5.92 Å². The standard InChI is InChI=1S/C23H32N4O/c1-17-5-4-11-26(16-17)12-10-22(28)27-13-8-18(9-14-27)23-20(24)15-19-6-2-3-7-21(19)25-23/h2-3,6-7,15,17-18H,4-5,8-14,16,24H2,1H3/t17-/m0/s1. The number of nitrogen functional groups attached to an aromatic ring is 1. The molecule has 5 nitrogen and oxygen atoms in total. The number of aromatic nitrogens is 1. The highest BCUT2D eigenvalue weighted by Gasteiger charge is 2.26. The molecule has 1 atom stereocenters. The number of pyridine rings is 1. The molecular formula is C23H32N4O. The van der Waals surface area contributed by atoms with Gasteiger partial charge in [-0.2, -0.15) is 0 Å². The second-order valence-corrected chi connectivity index (χ2v) is 8.61. The van der Waals surface area contributed by atoms with Gasteiger partial charge in [-0.3, -0.25) is 9.78 Å². The zero-order valence-electron chi connectivity index (χ0n) is 16.9. The summed E-state index contributed by atoms with van der Waals surface area (Å²) >= 11 is 0. The number of carbonyl (C=O) groups is 1. The van der Waals surface area contributed by atoms with E-state index >= 15 is 0 Å². The normalized spacial score (nSPS) is 21.9. The van der Waals surface area contributed by atoms with Crippen LogP contribution in [0.1, 0.15) is 50.6 Å². The Labute approximate surface area is 167 Å². The number of fused-ring (bicyclic) bond motifs is 1. The highest BCUT2D eigenvalue weighted by molar-refractivity contribution is 5.82. The lowest BCUT2D eigenvalue weighted by Gasteiger charge is -2.34. The van der Waals surface area contributed by atoms with E-state index in [2.05, 4.69) is 11.8 Å². The van der Waals surface area contributed by atoms with Crippen molar-refractivity contribution in [3.8, 4) is 0 Å². The van der Waals surface area contributed by atoms with E-state index in [-0.39, 0.29) is 0 Å². The van der Waals surface area contributed by atoms with E-state index in [1.807, 2.05) is 35.2 Å². The van der Waals surface area contributed by atoms with Crippen LogP contribution >= 0.6 is 0 Å². The van der Waals surface area contributed by atoms with Crippen molar-refractivity contribution >= 4 is 22.5 Å². The maximum absolute atomic E-state index is 12.7. The van der Waals surface area contributed by atoms with Crippen LogP contribution in [0.15, 0.2) is 30.3 Å². The number of nitrogens with zero attached hydrogens (tertiary/aromatic N) is 3. The van der Waals surface area contributed by atoms with E-state index in [0.717, 1.165) is 73.8 Å². The second-order valence-electron chi connectivity index (χ2n) is 8.61. The van der Waals surface area contributed by atoms with Gasteiger partial charge in [-0.1, -0.05) is 25.1 Å². The topological polar surface area (TPSA) is 62.5 Å². The predicted octanol–water partition coefficient (Wildman–Crippen LogP) is 3.65. The van der Waals surface area contributed by atoms with Crippen LogP contribution in [-0.4, -0.2) is 53.4 Å². The Bertz CT molecular complexity index is 828. The molecule has 0 aliphatic carbocycles. The van der Waals surface area contributed by atoms with Crippen LogP contribution in [-0.2, 0) is 4.79 Å². The van der Waals surface area contributed by atoms with E-state index in [1.165, 1.54) is 12.8 Å². The van der Waals surface area contributed by atoms with Crippen molar-refractivity contribution in [1.29, 1.82) is 0 Å². The van der Waals surface area contributed by atoms with E-state index in [9.17, 15) is 4.79 Å². The maximum atomic E-state index is 12.7. The van der Waals surface area contributed by atoms with Gasteiger partial charge in [0, 0.05) is 43.9 Å². The van der Waals surface area contributed by atoms with Gasteiger partial charge in [0.2, 0.25) is 5.91 Å². The zero-order valence-corrected chi connectivity index (χ0v) is 16.9. The summed E-state index contributed by atoms with van der Waals surface area (Å²) in [4.78, 5) is 22.0. The van der Waals surface area contributed by atoms with Crippen molar-refractivity contribution in [3.63, 3.8) is 0 Å². The van der Waals surface area contributed by atoms with Crippen molar-refractivity contribution in [1.82, 2.24) is 14.8 Å². The third-order valence-electron chi connectivity index (χ3n) is 6.40. The molecule has 2 aromatic rings. The summed E-state index contributed by atoms with van der Waals surface area (Å²) in [5.74, 6) is 1.41. The Morgan fingerprint density at radius 3 is 2.75 bits per heavy atom. The number of nitrogens with two attached hydrogens (primary N) is 1. The highest BCUT2D eigenvalue weighted by atomic mass is 16.2. The molecule has 0 bridgehead atoms. The molecule has 2 N–H and O–H groups in total. The highest BCUT2D eigenvalue weighted by Crippen LogP contribution is 2.32. The molecule has 2 fully saturated rings. The van der Waals surface area contributed by atoms with Crippen molar-refractivity contribution in [2.75, 3.05) is 38.5 Å². The Morgan fingerprint density at radius 2 is 1.96 bits per heavy atom. The molecule has 0 spiro atoms. The van der Waals surface area contributed by atoms with Crippen LogP contribution in [0.25, 0.3) is 10.9 Å². The number of likely N-dealkylation sites (tertiary alicyclic amines) is 2. The zero-order chi connectivity index (χ0) is 19.5. The number of hydrogen-bond acceptors (Lipinski definition) is 4. The fourth-order valence-electron chi connectivity index (χ4n) is 4.78. The number of benzene rings is 1. The average molecular weight is 381 g/mol. The minimum Gasteiger partial charge on any atom is -0.397 e. The second kappa shape index (κ2) is 8.48. The van der Waals surface area contributed by atoms with E-state index in [4.69, 9.17) is 10.7 Å². The summed E-state index contributed by atoms with van der Waals surface area (Å²) in [7, 11) is 0. The molecule has 2 aliphatic heterocycles. The number of para-hydroxylation sites is 1. The summed E-state index contributed by atoms with van der Waals surface area (Å²) in [6.07, 6.45) is 5.13. The monoisotopic (exact) mass is 380 g/mol. The van der Waals surface area contributed by atoms with E-state index in [1.54, 1.807) is 0 Å². The lowest BCUT2D eigenvalue weighted by molar-refractivity contribution is -0.132. The Hall–Kier alpha value is -2.14. The predicted molar refractivity (Wildman–Crippen MR) is 114 cm³/mol. The van der Waals surface area contributed by atoms with Crippen LogP contribution in [0.4, 0.5) is 5.69 Å². The number of carbonyl (C=O) groups excluding carboxylic acids is 1. The smallest absolute Gasteiger partial charge is 0.223 e. The minimum atomic E-state index is 0.302. The molecule has 0 unspecified atom stereocenters. The molecule has 0 radical (unpaired) electrons. The number of anilines is 1. The average Bonchev–Trinajstić information content (AvgIpc) is 2.72. The first kappa shape index (κ1) is 19.2. The number of piperidine rings is 2. The van der Waals surface area contributed by atoms with Crippen molar-refractivity contribution < 1.29 is 4.79 Å². The van der Waals surface area contributed by atoms with Gasteiger partial charge in [0.1, 0.15) is 0 Å².